The molecule has 1 aromatic rings. The molecule has 1 rings (SSSR count). The van der Waals surface area contributed by atoms with Gasteiger partial charge in [-0.2, -0.15) is 0 Å². The molecule has 3 N–H and O–H groups in total. The second-order valence-corrected chi connectivity index (χ2v) is 6.82. The SMILES string of the molecule is C=CCn1c(O)c(C=CC(C)CCCC(C)(C)O)c(=O)[nH]c1=S. The van der Waals surface area contributed by atoms with Gasteiger partial charge in [-0.3, -0.25) is 14.3 Å². The Labute approximate surface area is 142 Å². The van der Waals surface area contributed by atoms with Crippen LogP contribution in [0.2, 0.25) is 0 Å². The van der Waals surface area contributed by atoms with Gasteiger partial charge in [-0.25, -0.2) is 0 Å². The summed E-state index contributed by atoms with van der Waals surface area (Å²) in [5.41, 5.74) is -0.878. The van der Waals surface area contributed by atoms with Crippen molar-refractivity contribution >= 4 is 18.3 Å². The van der Waals surface area contributed by atoms with Crippen molar-refractivity contribution in [2.24, 2.45) is 5.92 Å². The van der Waals surface area contributed by atoms with E-state index >= 15 is 0 Å². The number of aliphatic hydroxyl groups is 1. The van der Waals surface area contributed by atoms with Crippen LogP contribution in [0.15, 0.2) is 23.5 Å². The van der Waals surface area contributed by atoms with Crippen molar-refractivity contribution in [1.82, 2.24) is 9.55 Å². The van der Waals surface area contributed by atoms with Gasteiger partial charge in [0.1, 0.15) is 0 Å². The largest absolute Gasteiger partial charge is 0.494 e. The second-order valence-electron chi connectivity index (χ2n) is 6.44. The lowest BCUT2D eigenvalue weighted by molar-refractivity contribution is 0.0675. The first kappa shape index (κ1) is 19.4. The summed E-state index contributed by atoms with van der Waals surface area (Å²) in [4.78, 5) is 14.5. The molecule has 0 aromatic carbocycles. The number of hydrogen-bond acceptors (Lipinski definition) is 4. The van der Waals surface area contributed by atoms with Crippen LogP contribution in [0.1, 0.15) is 45.6 Å². The standard InChI is InChI=1S/C17H26N2O3S/c1-5-11-19-15(21)13(14(20)18-16(19)23)9-8-12(2)7-6-10-17(3,4)22/h5,8-9,12,21-22H,1,6-7,10-11H2,2-4H3,(H,18,20,23). The number of allylic oxidation sites excluding steroid dienone is 2. The molecule has 0 fully saturated rings. The van der Waals surface area contributed by atoms with E-state index in [4.69, 9.17) is 12.2 Å². The third-order valence-corrected chi connectivity index (χ3v) is 3.88. The summed E-state index contributed by atoms with van der Waals surface area (Å²) < 4.78 is 1.59. The van der Waals surface area contributed by atoms with Crippen molar-refractivity contribution in [2.75, 3.05) is 0 Å². The lowest BCUT2D eigenvalue weighted by Gasteiger charge is -2.17. The van der Waals surface area contributed by atoms with Crippen LogP contribution in [-0.4, -0.2) is 25.4 Å². The smallest absolute Gasteiger partial charge is 0.262 e. The highest BCUT2D eigenvalue weighted by atomic mass is 32.1. The summed E-state index contributed by atoms with van der Waals surface area (Å²) in [6.45, 7) is 9.55. The van der Waals surface area contributed by atoms with Gasteiger partial charge in [0.05, 0.1) is 11.2 Å². The van der Waals surface area contributed by atoms with E-state index in [9.17, 15) is 15.0 Å². The Kier molecular flexibility index (Phi) is 6.97. The average molecular weight is 338 g/mol. The summed E-state index contributed by atoms with van der Waals surface area (Å²) in [7, 11) is 0. The maximum atomic E-state index is 12.0. The van der Waals surface area contributed by atoms with Crippen LogP contribution >= 0.6 is 12.2 Å². The monoisotopic (exact) mass is 338 g/mol. The minimum atomic E-state index is -0.658. The Balaban J connectivity index is 2.87. The number of H-pyrrole nitrogens is 1. The van der Waals surface area contributed by atoms with Gasteiger partial charge in [-0.05, 0) is 50.9 Å². The highest BCUT2D eigenvalue weighted by Gasteiger charge is 2.13. The van der Waals surface area contributed by atoms with E-state index in [0.717, 1.165) is 19.3 Å². The van der Waals surface area contributed by atoms with Crippen LogP contribution in [0.25, 0.3) is 6.08 Å². The first-order chi connectivity index (χ1) is 10.7. The molecule has 23 heavy (non-hydrogen) atoms. The van der Waals surface area contributed by atoms with Crippen LogP contribution in [0.4, 0.5) is 0 Å². The van der Waals surface area contributed by atoms with E-state index in [0.29, 0.717) is 6.54 Å². The molecule has 0 amide bonds. The molecule has 0 aliphatic rings. The molecule has 1 unspecified atom stereocenters. The van der Waals surface area contributed by atoms with E-state index in [-0.39, 0.29) is 22.1 Å². The Bertz CT molecular complexity index is 681. The van der Waals surface area contributed by atoms with Gasteiger partial charge >= 0.3 is 0 Å². The number of aromatic amines is 1. The summed E-state index contributed by atoms with van der Waals surface area (Å²) >= 11 is 5.03. The Morgan fingerprint density at radius 1 is 1.48 bits per heavy atom. The highest BCUT2D eigenvalue weighted by molar-refractivity contribution is 7.71. The van der Waals surface area contributed by atoms with E-state index in [2.05, 4.69) is 11.6 Å². The number of aromatic hydroxyl groups is 1. The fraction of sp³-hybridized carbons (Fsp3) is 0.529. The van der Waals surface area contributed by atoms with Crippen molar-refractivity contribution in [3.63, 3.8) is 0 Å². The van der Waals surface area contributed by atoms with Crippen LogP contribution in [-0.2, 0) is 6.54 Å². The highest BCUT2D eigenvalue weighted by Crippen LogP contribution is 2.19. The first-order valence-corrected chi connectivity index (χ1v) is 8.14. The molecule has 0 radical (unpaired) electrons. The maximum absolute atomic E-state index is 12.0. The van der Waals surface area contributed by atoms with Crippen LogP contribution in [0, 0.1) is 10.7 Å². The molecule has 0 aliphatic heterocycles. The third kappa shape index (κ3) is 6.15. The van der Waals surface area contributed by atoms with E-state index < -0.39 is 11.2 Å². The molecule has 0 bridgehead atoms. The predicted molar refractivity (Wildman–Crippen MR) is 96.1 cm³/mol. The number of nitrogens with zero attached hydrogens (tertiary/aromatic N) is 1. The lowest BCUT2D eigenvalue weighted by atomic mass is 9.96. The van der Waals surface area contributed by atoms with Gasteiger partial charge in [0.2, 0.25) is 5.88 Å². The molecule has 5 nitrogen and oxygen atoms in total. The molecule has 0 aliphatic carbocycles. The van der Waals surface area contributed by atoms with Crippen molar-refractivity contribution in [1.29, 1.82) is 0 Å². The molecule has 1 heterocycles. The fourth-order valence-corrected chi connectivity index (χ4v) is 2.49. The Hall–Kier alpha value is -1.66. The summed E-state index contributed by atoms with van der Waals surface area (Å²) in [5, 5.41) is 19.9. The first-order valence-electron chi connectivity index (χ1n) is 7.73. The summed E-state index contributed by atoms with van der Waals surface area (Å²) in [6, 6.07) is 0. The molecular formula is C17H26N2O3S. The van der Waals surface area contributed by atoms with Gasteiger partial charge in [0, 0.05) is 6.54 Å². The Morgan fingerprint density at radius 2 is 2.13 bits per heavy atom. The quantitative estimate of drug-likeness (QED) is 0.501. The lowest BCUT2D eigenvalue weighted by Crippen LogP contribution is -2.18. The second kappa shape index (κ2) is 8.26. The number of hydrogen-bond donors (Lipinski definition) is 3. The van der Waals surface area contributed by atoms with Crippen LogP contribution in [0.3, 0.4) is 0 Å². The minimum Gasteiger partial charge on any atom is -0.494 e. The van der Waals surface area contributed by atoms with E-state index in [1.165, 1.54) is 4.57 Å². The molecular weight excluding hydrogens is 312 g/mol. The fourth-order valence-electron chi connectivity index (χ4n) is 2.24. The summed E-state index contributed by atoms with van der Waals surface area (Å²) in [6.07, 6.45) is 7.61. The van der Waals surface area contributed by atoms with Gasteiger partial charge in [-0.1, -0.05) is 25.5 Å². The van der Waals surface area contributed by atoms with Crippen LogP contribution in [0.5, 0.6) is 5.88 Å². The molecule has 6 heteroatoms. The zero-order chi connectivity index (χ0) is 17.6. The molecule has 0 saturated carbocycles. The molecule has 1 atom stereocenters. The number of aromatic nitrogens is 2. The number of rotatable bonds is 8. The van der Waals surface area contributed by atoms with E-state index in [1.54, 1.807) is 26.0 Å². The number of nitrogens with one attached hydrogen (secondary N) is 1. The summed E-state index contributed by atoms with van der Waals surface area (Å²) in [5.74, 6) is 0.0748. The third-order valence-electron chi connectivity index (χ3n) is 3.56. The van der Waals surface area contributed by atoms with Gasteiger partial charge in [0.25, 0.3) is 5.56 Å². The average Bonchev–Trinajstić information content (AvgIpc) is 2.41. The van der Waals surface area contributed by atoms with Crippen molar-refractivity contribution in [3.05, 3.63) is 39.4 Å². The normalized spacial score (nSPS) is 13.4. The zero-order valence-corrected chi connectivity index (χ0v) is 14.8. The van der Waals surface area contributed by atoms with Gasteiger partial charge < -0.3 is 10.2 Å². The van der Waals surface area contributed by atoms with Gasteiger partial charge in [-0.15, -0.1) is 6.58 Å². The molecule has 0 spiro atoms. The van der Waals surface area contributed by atoms with Crippen molar-refractivity contribution in [3.8, 4) is 5.88 Å². The predicted octanol–water partition coefficient (Wildman–Crippen LogP) is 3.39. The molecule has 1 aromatic heterocycles. The van der Waals surface area contributed by atoms with Gasteiger partial charge in [0.15, 0.2) is 4.77 Å². The van der Waals surface area contributed by atoms with Crippen molar-refractivity contribution < 1.29 is 10.2 Å². The van der Waals surface area contributed by atoms with Crippen molar-refractivity contribution in [2.45, 2.75) is 52.2 Å². The molecule has 128 valence electrons. The van der Waals surface area contributed by atoms with Crippen LogP contribution < -0.4 is 5.56 Å². The minimum absolute atomic E-state index is 0.154. The molecule has 0 saturated heterocycles. The van der Waals surface area contributed by atoms with E-state index in [1.807, 2.05) is 13.0 Å². The maximum Gasteiger partial charge on any atom is 0.262 e. The zero-order valence-electron chi connectivity index (χ0n) is 14.0. The Morgan fingerprint density at radius 3 is 2.70 bits per heavy atom. The topological polar surface area (TPSA) is 78.2 Å².